The number of piperidine rings is 1. The van der Waals surface area contributed by atoms with E-state index < -0.39 is 0 Å². The Balaban J connectivity index is 1.69. The fraction of sp³-hybridized carbons (Fsp3) is 0.765. The van der Waals surface area contributed by atoms with E-state index >= 15 is 0 Å². The topological polar surface area (TPSA) is 52.6 Å². The van der Waals surface area contributed by atoms with Crippen LogP contribution in [0.5, 0.6) is 0 Å². The molecule has 1 saturated heterocycles. The number of thiazole rings is 1. The molecule has 0 spiro atoms. The van der Waals surface area contributed by atoms with Crippen molar-refractivity contribution in [1.82, 2.24) is 20.5 Å². The third-order valence-corrected chi connectivity index (χ3v) is 4.97. The van der Waals surface area contributed by atoms with E-state index in [1.54, 1.807) is 11.3 Å². The first-order chi connectivity index (χ1) is 11.2. The molecule has 1 aliphatic rings. The number of guanidine groups is 1. The van der Waals surface area contributed by atoms with Gasteiger partial charge in [-0.1, -0.05) is 6.92 Å². The van der Waals surface area contributed by atoms with E-state index in [1.165, 1.54) is 37.4 Å². The lowest BCUT2D eigenvalue weighted by molar-refractivity contribution is 0.182. The van der Waals surface area contributed by atoms with Crippen molar-refractivity contribution in [3.63, 3.8) is 0 Å². The highest BCUT2D eigenvalue weighted by Gasteiger charge is 2.15. The second-order valence-corrected chi connectivity index (χ2v) is 7.71. The monoisotopic (exact) mass is 337 g/mol. The molecule has 0 amide bonds. The minimum absolute atomic E-state index is 0.650. The summed E-state index contributed by atoms with van der Waals surface area (Å²) < 4.78 is 0. The summed E-state index contributed by atoms with van der Waals surface area (Å²) in [5.74, 6) is 1.75. The maximum Gasteiger partial charge on any atom is 0.191 e. The number of aromatic nitrogens is 1. The van der Waals surface area contributed by atoms with Crippen LogP contribution in [0.25, 0.3) is 0 Å². The molecule has 5 nitrogen and oxygen atoms in total. The van der Waals surface area contributed by atoms with Gasteiger partial charge in [-0.15, -0.1) is 11.3 Å². The molecule has 6 heteroatoms. The zero-order valence-electron chi connectivity index (χ0n) is 14.8. The normalized spacial score (nSPS) is 19.8. The molecule has 1 aliphatic heterocycles. The molecule has 1 aromatic heterocycles. The van der Waals surface area contributed by atoms with Gasteiger partial charge in [-0.05, 0) is 52.1 Å². The summed E-state index contributed by atoms with van der Waals surface area (Å²) in [6.07, 6.45) is 5.82. The van der Waals surface area contributed by atoms with Gasteiger partial charge in [-0.2, -0.15) is 0 Å². The number of hydrogen-bond donors (Lipinski definition) is 2. The second-order valence-electron chi connectivity index (χ2n) is 6.39. The molecule has 0 aliphatic carbocycles. The average molecular weight is 338 g/mol. The summed E-state index contributed by atoms with van der Waals surface area (Å²) in [7, 11) is 0. The summed E-state index contributed by atoms with van der Waals surface area (Å²) in [5, 5.41) is 7.82. The van der Waals surface area contributed by atoms with Crippen LogP contribution in [0.1, 0.15) is 43.0 Å². The van der Waals surface area contributed by atoms with Crippen LogP contribution < -0.4 is 10.6 Å². The van der Waals surface area contributed by atoms with Crippen molar-refractivity contribution in [2.24, 2.45) is 10.9 Å². The van der Waals surface area contributed by atoms with Crippen molar-refractivity contribution in [3.05, 3.63) is 16.1 Å². The van der Waals surface area contributed by atoms with Crippen LogP contribution >= 0.6 is 11.3 Å². The Labute approximate surface area is 144 Å². The molecule has 23 heavy (non-hydrogen) atoms. The molecule has 0 bridgehead atoms. The average Bonchev–Trinajstić information content (AvgIpc) is 2.94. The standard InChI is InChI=1S/C17H31N5S/c1-4-18-17(21-12-16-20-11-15(3)23-16)19-8-6-10-22-9-5-7-14(2)13-22/h11,14H,4-10,12-13H2,1-3H3,(H2,18,19,21). The van der Waals surface area contributed by atoms with Gasteiger partial charge in [0.15, 0.2) is 5.96 Å². The van der Waals surface area contributed by atoms with Gasteiger partial charge in [0.25, 0.3) is 0 Å². The summed E-state index contributed by atoms with van der Waals surface area (Å²) >= 11 is 1.71. The first-order valence-corrected chi connectivity index (χ1v) is 9.65. The van der Waals surface area contributed by atoms with Crippen LogP contribution in [0.15, 0.2) is 11.2 Å². The number of hydrogen-bond acceptors (Lipinski definition) is 4. The molecule has 1 atom stereocenters. The zero-order valence-corrected chi connectivity index (χ0v) is 15.6. The summed E-state index contributed by atoms with van der Waals surface area (Å²) in [6, 6.07) is 0. The highest BCUT2D eigenvalue weighted by molar-refractivity contribution is 7.11. The third-order valence-electron chi connectivity index (χ3n) is 4.07. The molecule has 1 aromatic rings. The van der Waals surface area contributed by atoms with Crippen molar-refractivity contribution < 1.29 is 0 Å². The Bertz CT molecular complexity index is 485. The molecule has 0 saturated carbocycles. The van der Waals surface area contributed by atoms with Crippen LogP contribution in [0.4, 0.5) is 0 Å². The zero-order chi connectivity index (χ0) is 16.5. The lowest BCUT2D eigenvalue weighted by Crippen LogP contribution is -2.40. The van der Waals surface area contributed by atoms with Crippen LogP contribution in [-0.2, 0) is 6.54 Å². The van der Waals surface area contributed by atoms with Crippen molar-refractivity contribution in [2.75, 3.05) is 32.7 Å². The Morgan fingerprint density at radius 3 is 3.04 bits per heavy atom. The van der Waals surface area contributed by atoms with Crippen LogP contribution in [0, 0.1) is 12.8 Å². The van der Waals surface area contributed by atoms with Gasteiger partial charge in [-0.3, -0.25) is 0 Å². The molecule has 2 heterocycles. The number of rotatable bonds is 7. The van der Waals surface area contributed by atoms with E-state index in [9.17, 15) is 0 Å². The number of aliphatic imine (C=N–C) groups is 1. The Morgan fingerprint density at radius 2 is 2.35 bits per heavy atom. The predicted molar refractivity (Wildman–Crippen MR) is 99.1 cm³/mol. The predicted octanol–water partition coefficient (Wildman–Crippen LogP) is 2.63. The van der Waals surface area contributed by atoms with E-state index in [1.807, 2.05) is 6.20 Å². The van der Waals surface area contributed by atoms with Gasteiger partial charge in [-0.25, -0.2) is 9.98 Å². The maximum atomic E-state index is 4.62. The van der Waals surface area contributed by atoms with Crippen LogP contribution in [0.2, 0.25) is 0 Å². The van der Waals surface area contributed by atoms with E-state index in [2.05, 4.69) is 46.3 Å². The van der Waals surface area contributed by atoms with Gasteiger partial charge < -0.3 is 15.5 Å². The molecular formula is C17H31N5S. The highest BCUT2D eigenvalue weighted by Crippen LogP contribution is 2.15. The van der Waals surface area contributed by atoms with Crippen LogP contribution in [0.3, 0.4) is 0 Å². The molecule has 1 unspecified atom stereocenters. The number of aryl methyl sites for hydroxylation is 1. The number of likely N-dealkylation sites (tertiary alicyclic amines) is 1. The Morgan fingerprint density at radius 1 is 1.48 bits per heavy atom. The molecule has 0 aromatic carbocycles. The van der Waals surface area contributed by atoms with Gasteiger partial charge in [0, 0.05) is 30.7 Å². The molecule has 2 rings (SSSR count). The lowest BCUT2D eigenvalue weighted by Gasteiger charge is -2.30. The van der Waals surface area contributed by atoms with Crippen molar-refractivity contribution in [1.29, 1.82) is 0 Å². The van der Waals surface area contributed by atoms with Crippen molar-refractivity contribution >= 4 is 17.3 Å². The quantitative estimate of drug-likeness (QED) is 0.456. The SMILES string of the molecule is CCNC(=NCc1ncc(C)s1)NCCCN1CCCC(C)C1. The molecular weight excluding hydrogens is 306 g/mol. The first-order valence-electron chi connectivity index (χ1n) is 8.83. The fourth-order valence-corrected chi connectivity index (χ4v) is 3.67. The van der Waals surface area contributed by atoms with Gasteiger partial charge in [0.05, 0.1) is 6.54 Å². The molecule has 2 N–H and O–H groups in total. The van der Waals surface area contributed by atoms with Gasteiger partial charge in [0.2, 0.25) is 0 Å². The second kappa shape index (κ2) is 9.88. The number of nitrogens with one attached hydrogen (secondary N) is 2. The Hall–Kier alpha value is -1.14. The fourth-order valence-electron chi connectivity index (χ4n) is 2.96. The first kappa shape index (κ1) is 18.2. The van der Waals surface area contributed by atoms with E-state index in [0.717, 1.165) is 36.4 Å². The smallest absolute Gasteiger partial charge is 0.191 e. The van der Waals surface area contributed by atoms with Crippen LogP contribution in [-0.4, -0.2) is 48.6 Å². The largest absolute Gasteiger partial charge is 0.357 e. The van der Waals surface area contributed by atoms with Crippen molar-refractivity contribution in [2.45, 2.75) is 46.6 Å². The lowest BCUT2D eigenvalue weighted by atomic mass is 10.0. The maximum absolute atomic E-state index is 4.62. The minimum Gasteiger partial charge on any atom is -0.357 e. The van der Waals surface area contributed by atoms with Gasteiger partial charge >= 0.3 is 0 Å². The van der Waals surface area contributed by atoms with Gasteiger partial charge in [0.1, 0.15) is 5.01 Å². The summed E-state index contributed by atoms with van der Waals surface area (Å²) in [5.41, 5.74) is 0. The van der Waals surface area contributed by atoms with E-state index in [-0.39, 0.29) is 0 Å². The van der Waals surface area contributed by atoms with E-state index in [0.29, 0.717) is 6.54 Å². The van der Waals surface area contributed by atoms with E-state index in [4.69, 9.17) is 0 Å². The highest BCUT2D eigenvalue weighted by atomic mass is 32.1. The number of nitrogens with zero attached hydrogens (tertiary/aromatic N) is 3. The molecule has 130 valence electrons. The van der Waals surface area contributed by atoms with Crippen molar-refractivity contribution in [3.8, 4) is 0 Å². The molecule has 1 fully saturated rings. The Kier molecular flexibility index (Phi) is 7.82. The third kappa shape index (κ3) is 6.87. The minimum atomic E-state index is 0.650. The summed E-state index contributed by atoms with van der Waals surface area (Å²) in [6.45, 7) is 12.7. The molecule has 0 radical (unpaired) electrons. The summed E-state index contributed by atoms with van der Waals surface area (Å²) in [4.78, 5) is 12.8.